The van der Waals surface area contributed by atoms with Crippen LogP contribution in [0.15, 0.2) is 71.8 Å². The first-order chi connectivity index (χ1) is 13.6. The summed E-state index contributed by atoms with van der Waals surface area (Å²) < 4.78 is 34.0. The third-order valence-corrected chi connectivity index (χ3v) is 6.21. The molecule has 6 heteroatoms. The van der Waals surface area contributed by atoms with Crippen LogP contribution in [-0.4, -0.2) is 13.4 Å². The molecule has 0 bridgehead atoms. The highest BCUT2D eigenvalue weighted by molar-refractivity contribution is 7.92. The van der Waals surface area contributed by atoms with Gasteiger partial charge in [-0.2, -0.15) is 0 Å². The second-order valence-corrected chi connectivity index (χ2v) is 8.56. The Morgan fingerprint density at radius 3 is 2.61 bits per heavy atom. The van der Waals surface area contributed by atoms with Gasteiger partial charge in [-0.05, 0) is 73.2 Å². The maximum atomic E-state index is 12.8. The number of sulfonamides is 1. The molecule has 1 aromatic heterocycles. The van der Waals surface area contributed by atoms with E-state index < -0.39 is 10.0 Å². The minimum Gasteiger partial charge on any atom is -0.487 e. The van der Waals surface area contributed by atoms with Crippen molar-refractivity contribution in [2.45, 2.75) is 37.2 Å². The van der Waals surface area contributed by atoms with Crippen LogP contribution >= 0.6 is 0 Å². The standard InChI is InChI=1S/C22H22N2O3S/c25-28(26,22-12-11-17-6-1-2-7-18(17)14-22)24-19-9-5-10-21(15-19)27-16-20-8-3-4-13-23-20/h3-5,8-15,24H,1-2,6-7,16H2. The summed E-state index contributed by atoms with van der Waals surface area (Å²) in [5.74, 6) is 0.580. The lowest BCUT2D eigenvalue weighted by Crippen LogP contribution is -2.14. The van der Waals surface area contributed by atoms with Crippen molar-refractivity contribution >= 4 is 15.7 Å². The lowest BCUT2D eigenvalue weighted by Gasteiger charge is -2.17. The van der Waals surface area contributed by atoms with Gasteiger partial charge in [-0.25, -0.2) is 8.42 Å². The third-order valence-electron chi connectivity index (χ3n) is 4.83. The molecule has 0 atom stereocenters. The molecule has 0 amide bonds. The highest BCUT2D eigenvalue weighted by Gasteiger charge is 2.18. The van der Waals surface area contributed by atoms with E-state index in [9.17, 15) is 8.42 Å². The first kappa shape index (κ1) is 18.5. The highest BCUT2D eigenvalue weighted by Crippen LogP contribution is 2.26. The Hall–Kier alpha value is -2.86. The van der Waals surface area contributed by atoms with Gasteiger partial charge in [-0.15, -0.1) is 0 Å². The van der Waals surface area contributed by atoms with Gasteiger partial charge in [0.25, 0.3) is 10.0 Å². The van der Waals surface area contributed by atoms with E-state index in [1.165, 1.54) is 12.0 Å². The van der Waals surface area contributed by atoms with E-state index in [0.717, 1.165) is 30.5 Å². The van der Waals surface area contributed by atoms with E-state index in [2.05, 4.69) is 9.71 Å². The van der Waals surface area contributed by atoms with Crippen LogP contribution in [0.2, 0.25) is 0 Å². The largest absolute Gasteiger partial charge is 0.487 e. The van der Waals surface area contributed by atoms with E-state index in [-0.39, 0.29) is 0 Å². The van der Waals surface area contributed by atoms with Gasteiger partial charge in [0, 0.05) is 12.3 Å². The molecule has 5 nitrogen and oxygen atoms in total. The molecule has 0 radical (unpaired) electrons. The maximum Gasteiger partial charge on any atom is 0.261 e. The normalized spacial score (nSPS) is 13.6. The summed E-state index contributed by atoms with van der Waals surface area (Å²) >= 11 is 0. The molecule has 0 spiro atoms. The third kappa shape index (κ3) is 4.34. The van der Waals surface area contributed by atoms with Crippen molar-refractivity contribution in [2.24, 2.45) is 0 Å². The summed E-state index contributed by atoms with van der Waals surface area (Å²) in [5.41, 5.74) is 3.68. The monoisotopic (exact) mass is 394 g/mol. The number of nitrogens with one attached hydrogen (secondary N) is 1. The zero-order chi connectivity index (χ0) is 19.4. The average molecular weight is 394 g/mol. The SMILES string of the molecule is O=S(=O)(Nc1cccc(OCc2ccccn2)c1)c1ccc2c(c1)CCCC2. The van der Waals surface area contributed by atoms with Crippen molar-refractivity contribution in [2.75, 3.05) is 4.72 Å². The topological polar surface area (TPSA) is 68.3 Å². The minimum atomic E-state index is -3.65. The fourth-order valence-corrected chi connectivity index (χ4v) is 4.48. The quantitative estimate of drug-likeness (QED) is 0.675. The molecule has 4 rings (SSSR count). The number of pyridine rings is 1. The molecule has 144 valence electrons. The van der Waals surface area contributed by atoms with Crippen molar-refractivity contribution < 1.29 is 13.2 Å². The number of hydrogen-bond acceptors (Lipinski definition) is 4. The molecule has 1 N–H and O–H groups in total. The summed E-state index contributed by atoms with van der Waals surface area (Å²) in [6, 6.07) is 18.0. The summed E-state index contributed by atoms with van der Waals surface area (Å²) in [4.78, 5) is 4.51. The molecule has 1 aliphatic rings. The predicted octanol–water partition coefficient (Wildman–Crippen LogP) is 4.34. The first-order valence-corrected chi connectivity index (χ1v) is 10.9. The number of aromatic nitrogens is 1. The van der Waals surface area contributed by atoms with E-state index >= 15 is 0 Å². The molecule has 0 saturated heterocycles. The van der Waals surface area contributed by atoms with Gasteiger partial charge in [0.05, 0.1) is 16.3 Å². The van der Waals surface area contributed by atoms with Crippen LogP contribution in [0.5, 0.6) is 5.75 Å². The Balaban J connectivity index is 1.49. The number of aryl methyl sites for hydroxylation is 2. The zero-order valence-electron chi connectivity index (χ0n) is 15.5. The van der Waals surface area contributed by atoms with Gasteiger partial charge in [0.2, 0.25) is 0 Å². The van der Waals surface area contributed by atoms with E-state index in [1.807, 2.05) is 24.3 Å². The Morgan fingerprint density at radius 1 is 0.929 bits per heavy atom. The minimum absolute atomic E-state index is 0.299. The summed E-state index contributed by atoms with van der Waals surface area (Å²) in [6.07, 6.45) is 5.96. The first-order valence-electron chi connectivity index (χ1n) is 9.37. The Morgan fingerprint density at radius 2 is 1.79 bits per heavy atom. The summed E-state index contributed by atoms with van der Waals surface area (Å²) in [5, 5.41) is 0. The number of benzene rings is 2. The van der Waals surface area contributed by atoms with Gasteiger partial charge in [0.1, 0.15) is 12.4 Å². The average Bonchev–Trinajstić information content (AvgIpc) is 2.72. The lowest BCUT2D eigenvalue weighted by atomic mass is 9.92. The summed E-state index contributed by atoms with van der Waals surface area (Å²) in [6.45, 7) is 0.321. The molecule has 1 aliphatic carbocycles. The van der Waals surface area contributed by atoms with Gasteiger partial charge in [-0.3, -0.25) is 9.71 Å². The van der Waals surface area contributed by atoms with Crippen LogP contribution in [0.25, 0.3) is 0 Å². The van der Waals surface area contributed by atoms with Crippen LogP contribution in [-0.2, 0) is 29.5 Å². The van der Waals surface area contributed by atoms with E-state index in [4.69, 9.17) is 4.74 Å². The van der Waals surface area contributed by atoms with Crippen molar-refractivity contribution in [1.82, 2.24) is 4.98 Å². The van der Waals surface area contributed by atoms with Gasteiger partial charge in [0.15, 0.2) is 0 Å². The molecule has 1 heterocycles. The Kier molecular flexibility index (Phi) is 5.30. The zero-order valence-corrected chi connectivity index (χ0v) is 16.3. The number of nitrogens with zero attached hydrogens (tertiary/aromatic N) is 1. The molecule has 0 aliphatic heterocycles. The number of ether oxygens (including phenoxy) is 1. The molecule has 2 aromatic carbocycles. The fourth-order valence-electron chi connectivity index (χ4n) is 3.38. The number of anilines is 1. The van der Waals surface area contributed by atoms with Crippen LogP contribution in [0.1, 0.15) is 29.7 Å². The Labute approximate surface area is 165 Å². The summed E-state index contributed by atoms with van der Waals surface area (Å²) in [7, 11) is -3.65. The van der Waals surface area contributed by atoms with E-state index in [0.29, 0.717) is 22.9 Å². The predicted molar refractivity (Wildman–Crippen MR) is 109 cm³/mol. The number of hydrogen-bond donors (Lipinski definition) is 1. The lowest BCUT2D eigenvalue weighted by molar-refractivity contribution is 0.301. The molecule has 0 saturated carbocycles. The van der Waals surface area contributed by atoms with Crippen LogP contribution in [0.3, 0.4) is 0 Å². The molecule has 28 heavy (non-hydrogen) atoms. The van der Waals surface area contributed by atoms with Crippen molar-refractivity contribution in [1.29, 1.82) is 0 Å². The maximum absolute atomic E-state index is 12.8. The molecular weight excluding hydrogens is 372 g/mol. The van der Waals surface area contributed by atoms with Gasteiger partial charge in [-0.1, -0.05) is 18.2 Å². The fraction of sp³-hybridized carbons (Fsp3) is 0.227. The van der Waals surface area contributed by atoms with Gasteiger partial charge >= 0.3 is 0 Å². The molecular formula is C22H22N2O3S. The molecule has 0 fully saturated rings. The Bertz CT molecular complexity index is 1070. The van der Waals surface area contributed by atoms with Gasteiger partial charge < -0.3 is 4.74 Å². The molecule has 0 unspecified atom stereocenters. The molecule has 3 aromatic rings. The van der Waals surface area contributed by atoms with Crippen molar-refractivity contribution in [3.8, 4) is 5.75 Å². The highest BCUT2D eigenvalue weighted by atomic mass is 32.2. The second kappa shape index (κ2) is 8.02. The number of rotatable bonds is 6. The van der Waals surface area contributed by atoms with Crippen LogP contribution in [0, 0.1) is 0 Å². The van der Waals surface area contributed by atoms with Crippen molar-refractivity contribution in [3.63, 3.8) is 0 Å². The van der Waals surface area contributed by atoms with Crippen molar-refractivity contribution in [3.05, 3.63) is 83.7 Å². The van der Waals surface area contributed by atoms with Crippen LogP contribution in [0.4, 0.5) is 5.69 Å². The number of fused-ring (bicyclic) bond motifs is 1. The van der Waals surface area contributed by atoms with E-state index in [1.54, 1.807) is 42.6 Å². The smallest absolute Gasteiger partial charge is 0.261 e. The van der Waals surface area contributed by atoms with Crippen LogP contribution < -0.4 is 9.46 Å². The second-order valence-electron chi connectivity index (χ2n) is 6.88.